The van der Waals surface area contributed by atoms with Gasteiger partial charge in [0.25, 0.3) is 0 Å². The number of ketones is 1. The van der Waals surface area contributed by atoms with Crippen LogP contribution in [0, 0.1) is 5.92 Å². The second-order valence-corrected chi connectivity index (χ2v) is 11.7. The second kappa shape index (κ2) is 10.3. The van der Waals surface area contributed by atoms with Gasteiger partial charge < -0.3 is 9.84 Å². The van der Waals surface area contributed by atoms with Crippen molar-refractivity contribution in [3.8, 4) is 5.75 Å². The van der Waals surface area contributed by atoms with Gasteiger partial charge in [0.15, 0.2) is 5.78 Å². The monoisotopic (exact) mass is 537 g/mol. The molecule has 5 rings (SSSR count). The maximum atomic E-state index is 13.3. The van der Waals surface area contributed by atoms with Gasteiger partial charge in [0.2, 0.25) is 10.0 Å². The highest BCUT2D eigenvalue weighted by molar-refractivity contribution is 7.89. The van der Waals surface area contributed by atoms with Crippen molar-refractivity contribution in [2.75, 3.05) is 7.11 Å². The number of carbonyl (C=O) groups is 1. The van der Waals surface area contributed by atoms with Crippen LogP contribution in [-0.2, 0) is 34.1 Å². The second-order valence-electron chi connectivity index (χ2n) is 9.59. The molecule has 2 aliphatic rings. The van der Waals surface area contributed by atoms with Crippen molar-refractivity contribution in [2.24, 2.45) is 5.92 Å². The molecule has 2 aliphatic carbocycles. The van der Waals surface area contributed by atoms with Crippen LogP contribution in [0.15, 0.2) is 77.4 Å². The molecule has 3 aromatic rings. The molecule has 2 N–H and O–H groups in total. The van der Waals surface area contributed by atoms with E-state index >= 15 is 0 Å². The summed E-state index contributed by atoms with van der Waals surface area (Å²) in [6.45, 7) is 0. The Labute approximate surface area is 222 Å². The van der Waals surface area contributed by atoms with Crippen molar-refractivity contribution in [1.82, 2.24) is 4.72 Å². The number of allylic oxidation sites excluding steroid dienone is 2. The predicted octanol–water partition coefficient (Wildman–Crippen LogP) is 5.29. The van der Waals surface area contributed by atoms with Gasteiger partial charge in [-0.15, -0.1) is 0 Å². The van der Waals surface area contributed by atoms with Gasteiger partial charge in [0, 0.05) is 23.4 Å². The molecule has 0 aromatic heterocycles. The minimum Gasteiger partial charge on any atom is -0.512 e. The Hall–Kier alpha value is -3.13. The molecule has 0 amide bonds. The maximum absolute atomic E-state index is 13.3. The van der Waals surface area contributed by atoms with E-state index in [9.17, 15) is 18.3 Å². The van der Waals surface area contributed by atoms with Gasteiger partial charge in [0.05, 0.1) is 17.6 Å². The number of benzene rings is 3. The summed E-state index contributed by atoms with van der Waals surface area (Å²) >= 11 is 5.90. The summed E-state index contributed by atoms with van der Waals surface area (Å²) in [5, 5.41) is 11.1. The summed E-state index contributed by atoms with van der Waals surface area (Å²) in [5.41, 5.74) is 4.42. The number of aliphatic hydroxyl groups is 1. The number of halogens is 1. The van der Waals surface area contributed by atoms with E-state index in [2.05, 4.69) is 4.72 Å². The van der Waals surface area contributed by atoms with E-state index < -0.39 is 10.0 Å². The average molecular weight is 538 g/mol. The Balaban J connectivity index is 1.29. The molecule has 0 aliphatic heterocycles. The third-order valence-corrected chi connectivity index (χ3v) is 9.00. The zero-order chi connectivity index (χ0) is 26.2. The van der Waals surface area contributed by atoms with Crippen LogP contribution in [0.1, 0.15) is 35.1 Å². The first-order chi connectivity index (χ1) is 17.7. The number of methoxy groups -OCH3 is 1. The number of aliphatic hydroxyl groups excluding tert-OH is 1. The van der Waals surface area contributed by atoms with Crippen molar-refractivity contribution < 1.29 is 23.1 Å². The fourth-order valence-electron chi connectivity index (χ4n) is 5.35. The molecule has 192 valence electrons. The van der Waals surface area contributed by atoms with Gasteiger partial charge in [-0.1, -0.05) is 41.9 Å². The standard InChI is InChI=1S/C29H28ClNO5S/c1-36-24-10-5-18(6-11-24)28-27(32)17-21(29(28)33)15-19-3-2-4-20-16-23(9-14-26(19)20)31-37(34,35)25-12-7-22(30)8-13-25/h2-8,10-13,21,23,31-32H,9,14-17H2,1H3. The summed E-state index contributed by atoms with van der Waals surface area (Å²) in [5.74, 6) is 0.437. The number of sulfonamides is 1. The van der Waals surface area contributed by atoms with E-state index in [4.69, 9.17) is 16.3 Å². The Morgan fingerprint density at radius 1 is 1.03 bits per heavy atom. The number of rotatable bonds is 7. The molecule has 3 aromatic carbocycles. The van der Waals surface area contributed by atoms with Gasteiger partial charge in [0.1, 0.15) is 11.5 Å². The zero-order valence-corrected chi connectivity index (χ0v) is 22.0. The van der Waals surface area contributed by atoms with Crippen LogP contribution in [0.2, 0.25) is 5.02 Å². The first-order valence-corrected chi connectivity index (χ1v) is 14.1. The van der Waals surface area contributed by atoms with Crippen LogP contribution in [0.4, 0.5) is 0 Å². The molecular formula is C29H28ClNO5S. The lowest BCUT2D eigenvalue weighted by atomic mass is 9.82. The van der Waals surface area contributed by atoms with Gasteiger partial charge in [-0.25, -0.2) is 13.1 Å². The number of nitrogens with one attached hydrogen (secondary N) is 1. The van der Waals surface area contributed by atoms with E-state index in [1.807, 2.05) is 18.2 Å². The highest BCUT2D eigenvalue weighted by Gasteiger charge is 2.35. The van der Waals surface area contributed by atoms with E-state index in [0.29, 0.717) is 54.0 Å². The number of ether oxygens (including phenoxy) is 1. The summed E-state index contributed by atoms with van der Waals surface area (Å²) in [7, 11) is -2.07. The fraction of sp³-hybridized carbons (Fsp3) is 0.276. The van der Waals surface area contributed by atoms with Crippen molar-refractivity contribution >= 4 is 33.0 Å². The van der Waals surface area contributed by atoms with Crippen LogP contribution in [-0.4, -0.2) is 32.5 Å². The van der Waals surface area contributed by atoms with Crippen LogP contribution >= 0.6 is 11.6 Å². The minimum absolute atomic E-state index is 0.0512. The predicted molar refractivity (Wildman–Crippen MR) is 143 cm³/mol. The third kappa shape index (κ3) is 5.30. The summed E-state index contributed by atoms with van der Waals surface area (Å²) in [6, 6.07) is 19.1. The molecule has 37 heavy (non-hydrogen) atoms. The highest BCUT2D eigenvalue weighted by Crippen LogP contribution is 2.37. The van der Waals surface area contributed by atoms with Crippen molar-refractivity contribution in [3.05, 3.63) is 99.8 Å². The fourth-order valence-corrected chi connectivity index (χ4v) is 6.75. The Bertz CT molecular complexity index is 1460. The Kier molecular flexibility index (Phi) is 7.12. The van der Waals surface area contributed by atoms with Crippen LogP contribution in [0.3, 0.4) is 0 Å². The van der Waals surface area contributed by atoms with Crippen molar-refractivity contribution in [1.29, 1.82) is 0 Å². The normalized spacial score (nSPS) is 19.7. The molecule has 0 radical (unpaired) electrons. The van der Waals surface area contributed by atoms with Crippen LogP contribution in [0.5, 0.6) is 5.75 Å². The number of hydrogen-bond acceptors (Lipinski definition) is 5. The minimum atomic E-state index is -3.65. The van der Waals surface area contributed by atoms with Crippen LogP contribution in [0.25, 0.3) is 5.57 Å². The number of fused-ring (bicyclic) bond motifs is 1. The molecule has 0 spiro atoms. The van der Waals surface area contributed by atoms with E-state index in [0.717, 1.165) is 11.1 Å². The molecule has 0 heterocycles. The number of hydrogen-bond donors (Lipinski definition) is 2. The Morgan fingerprint density at radius 2 is 1.76 bits per heavy atom. The number of carbonyl (C=O) groups excluding carboxylic acids is 1. The van der Waals surface area contributed by atoms with Crippen molar-refractivity contribution in [2.45, 2.75) is 43.0 Å². The highest BCUT2D eigenvalue weighted by atomic mass is 35.5. The smallest absolute Gasteiger partial charge is 0.240 e. The quantitative estimate of drug-likeness (QED) is 0.427. The molecule has 6 nitrogen and oxygen atoms in total. The first-order valence-electron chi connectivity index (χ1n) is 12.2. The average Bonchev–Trinajstić information content (AvgIpc) is 3.16. The third-order valence-electron chi connectivity index (χ3n) is 7.22. The number of Topliss-reactive ketones (excluding diaryl/α,β-unsaturated/α-hetero) is 1. The zero-order valence-electron chi connectivity index (χ0n) is 20.4. The molecule has 2 unspecified atom stereocenters. The molecule has 0 saturated carbocycles. The molecule has 8 heteroatoms. The lowest BCUT2D eigenvalue weighted by Crippen LogP contribution is -2.39. The van der Waals surface area contributed by atoms with Crippen LogP contribution < -0.4 is 9.46 Å². The van der Waals surface area contributed by atoms with Gasteiger partial charge in [-0.2, -0.15) is 0 Å². The summed E-state index contributed by atoms with van der Waals surface area (Å²) in [4.78, 5) is 13.5. The van der Waals surface area contributed by atoms with Crippen molar-refractivity contribution in [3.63, 3.8) is 0 Å². The van der Waals surface area contributed by atoms with E-state index in [1.54, 1.807) is 43.5 Å². The largest absolute Gasteiger partial charge is 0.512 e. The van der Waals surface area contributed by atoms with Gasteiger partial charge in [-0.05, 0) is 84.3 Å². The van der Waals surface area contributed by atoms with E-state index in [1.165, 1.54) is 17.7 Å². The lowest BCUT2D eigenvalue weighted by molar-refractivity contribution is -0.116. The maximum Gasteiger partial charge on any atom is 0.240 e. The molecule has 0 saturated heterocycles. The lowest BCUT2D eigenvalue weighted by Gasteiger charge is -2.27. The molecular weight excluding hydrogens is 510 g/mol. The van der Waals surface area contributed by atoms with Gasteiger partial charge in [-0.3, -0.25) is 4.79 Å². The SMILES string of the molecule is COc1ccc(C2=C(O)CC(Cc3cccc4c3CCC(NS(=O)(=O)c3ccc(Cl)cc3)C4)C2=O)cc1. The first kappa shape index (κ1) is 25.5. The van der Waals surface area contributed by atoms with E-state index in [-0.39, 0.29) is 28.4 Å². The molecule has 0 fully saturated rings. The Morgan fingerprint density at radius 3 is 2.46 bits per heavy atom. The summed E-state index contributed by atoms with van der Waals surface area (Å²) in [6.07, 6.45) is 2.80. The summed E-state index contributed by atoms with van der Waals surface area (Å²) < 4.78 is 33.7. The van der Waals surface area contributed by atoms with Gasteiger partial charge >= 0.3 is 0 Å². The molecule has 2 atom stereocenters. The topological polar surface area (TPSA) is 92.7 Å². The molecule has 0 bridgehead atoms.